The maximum Gasteiger partial charge on any atom is 0.139 e. The molecule has 206 valence electrons. The number of fused-ring (bicyclic) bond motifs is 1. The number of aryl methyl sites for hydroxylation is 1. The third kappa shape index (κ3) is 5.24. The molecule has 1 fully saturated rings. The average molecular weight is 538 g/mol. The van der Waals surface area contributed by atoms with E-state index in [1.807, 2.05) is 66.6 Å². The lowest BCUT2D eigenvalue weighted by Crippen LogP contribution is -2.25. The molecule has 1 aliphatic heterocycles. The van der Waals surface area contributed by atoms with Gasteiger partial charge in [-0.05, 0) is 54.3 Å². The molecule has 0 radical (unpaired) electrons. The van der Waals surface area contributed by atoms with Crippen LogP contribution in [-0.2, 0) is 23.0 Å². The molecule has 5 aromatic rings. The van der Waals surface area contributed by atoms with Crippen LogP contribution in [-0.4, -0.2) is 63.6 Å². The van der Waals surface area contributed by atoms with Gasteiger partial charge in [-0.3, -0.25) is 9.48 Å². The van der Waals surface area contributed by atoms with E-state index in [-0.39, 0.29) is 17.6 Å². The summed E-state index contributed by atoms with van der Waals surface area (Å²) >= 11 is 0. The lowest BCUT2D eigenvalue weighted by atomic mass is 9.84. The van der Waals surface area contributed by atoms with Gasteiger partial charge in [0.2, 0.25) is 0 Å². The minimum atomic E-state index is 0.222. The predicted octanol–water partition coefficient (Wildman–Crippen LogP) is 5.19. The molecular weight excluding hydrogens is 502 g/mol. The van der Waals surface area contributed by atoms with E-state index in [2.05, 4.69) is 29.1 Å². The number of furan rings is 1. The summed E-state index contributed by atoms with van der Waals surface area (Å²) in [4.78, 5) is 16.2. The summed E-state index contributed by atoms with van der Waals surface area (Å²) in [7, 11) is 3.63. The number of likely N-dealkylation sites (tertiary alicyclic amines) is 1. The van der Waals surface area contributed by atoms with E-state index < -0.39 is 0 Å². The first-order valence-corrected chi connectivity index (χ1v) is 13.8. The van der Waals surface area contributed by atoms with Crippen LogP contribution in [0, 0.1) is 12.8 Å². The third-order valence-corrected chi connectivity index (χ3v) is 8.11. The molecule has 6 rings (SSSR count). The third-order valence-electron chi connectivity index (χ3n) is 8.11. The fourth-order valence-electron chi connectivity index (χ4n) is 6.05. The van der Waals surface area contributed by atoms with Crippen molar-refractivity contribution in [2.45, 2.75) is 25.7 Å². The average Bonchev–Trinajstić information content (AvgIpc) is 3.75. The maximum absolute atomic E-state index is 13.8. The summed E-state index contributed by atoms with van der Waals surface area (Å²) < 4.78 is 14.6. The van der Waals surface area contributed by atoms with Gasteiger partial charge < -0.3 is 14.1 Å². The first-order valence-electron chi connectivity index (χ1n) is 13.8. The Labute approximate surface area is 234 Å². The number of methoxy groups -OCH3 is 1. The van der Waals surface area contributed by atoms with E-state index in [1.54, 1.807) is 18.1 Å². The molecule has 40 heavy (non-hydrogen) atoms. The molecule has 3 aromatic heterocycles. The van der Waals surface area contributed by atoms with Gasteiger partial charge >= 0.3 is 0 Å². The van der Waals surface area contributed by atoms with Crippen LogP contribution >= 0.6 is 0 Å². The maximum atomic E-state index is 13.8. The van der Waals surface area contributed by atoms with E-state index in [1.165, 1.54) is 5.56 Å². The quantitative estimate of drug-likeness (QED) is 0.244. The number of hydrogen-bond donors (Lipinski definition) is 0. The minimum absolute atomic E-state index is 0.222. The zero-order valence-corrected chi connectivity index (χ0v) is 23.3. The Morgan fingerprint density at radius 1 is 1.12 bits per heavy atom. The van der Waals surface area contributed by atoms with Gasteiger partial charge in [0.05, 0.1) is 36.1 Å². The van der Waals surface area contributed by atoms with Gasteiger partial charge in [-0.15, -0.1) is 0 Å². The summed E-state index contributed by atoms with van der Waals surface area (Å²) in [5.41, 5.74) is 6.85. The summed E-state index contributed by atoms with van der Waals surface area (Å²) in [5.74, 6) is 0.719. The van der Waals surface area contributed by atoms with Crippen molar-refractivity contribution in [2.24, 2.45) is 13.0 Å². The van der Waals surface area contributed by atoms with Crippen LogP contribution in [0.2, 0.25) is 0 Å². The van der Waals surface area contributed by atoms with E-state index in [0.717, 1.165) is 58.8 Å². The number of benzene rings is 2. The van der Waals surface area contributed by atoms with Crippen LogP contribution in [0.3, 0.4) is 0 Å². The standard InChI is InChI=1S/C32H35N5O3/c1-22-30(37(27-7-5-4-6-8-27)34-32(22)26-18-33-35(2)19-26)17-28(38)16-25-20-36(12-14-39-3)21-29(25)23-9-10-31-24(15-23)11-13-40-31/h4-11,13,15,18-19,25,29H,12,14,16-17,20-21H2,1-3H3/t25-,29+/m1/s1. The molecule has 0 amide bonds. The Bertz CT molecular complexity index is 1620. The fraction of sp³-hybridized carbons (Fsp3) is 0.344. The van der Waals surface area contributed by atoms with Gasteiger partial charge in [0, 0.05) is 69.7 Å². The van der Waals surface area contributed by atoms with E-state index >= 15 is 0 Å². The molecule has 0 aliphatic carbocycles. The van der Waals surface area contributed by atoms with Crippen molar-refractivity contribution in [2.75, 3.05) is 33.4 Å². The van der Waals surface area contributed by atoms with Gasteiger partial charge in [0.15, 0.2) is 0 Å². The number of ketones is 1. The Morgan fingerprint density at radius 3 is 2.75 bits per heavy atom. The van der Waals surface area contributed by atoms with Crippen LogP contribution in [0.15, 0.2) is 77.7 Å². The van der Waals surface area contributed by atoms with E-state index in [4.69, 9.17) is 14.3 Å². The number of carbonyl (C=O) groups excluding carboxylic acids is 1. The second-order valence-corrected chi connectivity index (χ2v) is 10.8. The van der Waals surface area contributed by atoms with Crippen LogP contribution in [0.25, 0.3) is 27.9 Å². The monoisotopic (exact) mass is 537 g/mol. The number of aromatic nitrogens is 4. The van der Waals surface area contributed by atoms with Crippen LogP contribution < -0.4 is 0 Å². The molecule has 4 heterocycles. The molecule has 1 aliphatic rings. The second-order valence-electron chi connectivity index (χ2n) is 10.8. The van der Waals surface area contributed by atoms with Crippen molar-refractivity contribution >= 4 is 16.8 Å². The Kier molecular flexibility index (Phi) is 7.36. The number of carbonyl (C=O) groups is 1. The number of nitrogens with zero attached hydrogens (tertiary/aromatic N) is 5. The van der Waals surface area contributed by atoms with Crippen molar-refractivity contribution in [3.63, 3.8) is 0 Å². The van der Waals surface area contributed by atoms with Crippen LogP contribution in [0.1, 0.15) is 29.2 Å². The van der Waals surface area contributed by atoms with Crippen molar-refractivity contribution < 1.29 is 13.9 Å². The predicted molar refractivity (Wildman–Crippen MR) is 155 cm³/mol. The highest BCUT2D eigenvalue weighted by molar-refractivity contribution is 5.82. The fourth-order valence-corrected chi connectivity index (χ4v) is 6.05. The zero-order chi connectivity index (χ0) is 27.6. The molecule has 0 unspecified atom stereocenters. The van der Waals surface area contributed by atoms with E-state index in [9.17, 15) is 4.79 Å². The van der Waals surface area contributed by atoms with Crippen molar-refractivity contribution in [1.29, 1.82) is 0 Å². The zero-order valence-electron chi connectivity index (χ0n) is 23.3. The Balaban J connectivity index is 1.28. The SMILES string of the molecule is COCCN1C[C@@H](CC(=O)Cc2c(C)c(-c3cnn(C)c3)nn2-c2ccccc2)[C@H](c2ccc3occc3c2)C1. The highest BCUT2D eigenvalue weighted by Gasteiger charge is 2.35. The molecule has 2 aromatic carbocycles. The summed E-state index contributed by atoms with van der Waals surface area (Å²) in [6, 6.07) is 18.5. The second kappa shape index (κ2) is 11.2. The lowest BCUT2D eigenvalue weighted by Gasteiger charge is -2.19. The van der Waals surface area contributed by atoms with Gasteiger partial charge in [0.25, 0.3) is 0 Å². The van der Waals surface area contributed by atoms with Crippen LogP contribution in [0.4, 0.5) is 0 Å². The van der Waals surface area contributed by atoms with Gasteiger partial charge in [-0.1, -0.05) is 24.3 Å². The van der Waals surface area contributed by atoms with Gasteiger partial charge in [-0.25, -0.2) is 4.68 Å². The molecule has 0 N–H and O–H groups in total. The molecule has 2 atom stereocenters. The topological polar surface area (TPSA) is 78.3 Å². The number of hydrogen-bond acceptors (Lipinski definition) is 6. The first-order chi connectivity index (χ1) is 19.5. The molecule has 8 nitrogen and oxygen atoms in total. The normalized spacial score (nSPS) is 17.7. The first kappa shape index (κ1) is 26.2. The smallest absolute Gasteiger partial charge is 0.139 e. The molecular formula is C32H35N5O3. The molecule has 0 bridgehead atoms. The number of ether oxygens (including phenoxy) is 1. The van der Waals surface area contributed by atoms with Crippen molar-refractivity contribution in [3.05, 3.63) is 90.1 Å². The Hall–Kier alpha value is -4.01. The minimum Gasteiger partial charge on any atom is -0.464 e. The van der Waals surface area contributed by atoms with Crippen molar-refractivity contribution in [3.8, 4) is 16.9 Å². The number of Topliss-reactive ketones (excluding diaryl/α,β-unsaturated/α-hetero) is 1. The summed E-state index contributed by atoms with van der Waals surface area (Å²) in [5, 5.41) is 10.4. The molecule has 8 heteroatoms. The summed E-state index contributed by atoms with van der Waals surface area (Å²) in [6.07, 6.45) is 6.36. The van der Waals surface area contributed by atoms with Gasteiger partial charge in [0.1, 0.15) is 11.4 Å². The molecule has 0 spiro atoms. The van der Waals surface area contributed by atoms with Crippen molar-refractivity contribution in [1.82, 2.24) is 24.5 Å². The molecule has 1 saturated heterocycles. The largest absolute Gasteiger partial charge is 0.464 e. The molecule has 0 saturated carbocycles. The Morgan fingerprint density at radius 2 is 1.98 bits per heavy atom. The summed E-state index contributed by atoms with van der Waals surface area (Å²) in [6.45, 7) is 5.39. The lowest BCUT2D eigenvalue weighted by molar-refractivity contribution is -0.119. The van der Waals surface area contributed by atoms with Crippen LogP contribution in [0.5, 0.6) is 0 Å². The van der Waals surface area contributed by atoms with Gasteiger partial charge in [-0.2, -0.15) is 10.2 Å². The number of rotatable bonds is 10. The highest BCUT2D eigenvalue weighted by atomic mass is 16.5. The highest BCUT2D eigenvalue weighted by Crippen LogP contribution is 2.37. The van der Waals surface area contributed by atoms with E-state index in [0.29, 0.717) is 19.4 Å². The number of para-hydroxylation sites is 1.